The topological polar surface area (TPSA) is 75.3 Å². The Kier molecular flexibility index (Phi) is 13.3. The highest BCUT2D eigenvalue weighted by Gasteiger charge is 2.28. The lowest BCUT2D eigenvalue weighted by Crippen LogP contribution is -2.27. The summed E-state index contributed by atoms with van der Waals surface area (Å²) in [7, 11) is 0. The lowest BCUT2D eigenvalue weighted by atomic mass is 9.98. The third kappa shape index (κ3) is 9.54. The maximum Gasteiger partial charge on any atom is 0.407 e. The van der Waals surface area contributed by atoms with E-state index >= 15 is 0 Å². The molecule has 1 aliphatic carbocycles. The molecule has 2 aromatic rings. The standard InChI is InChI=1S/C29H41NO6/c1-2-3-8-15-32-17-19-34-21-22-35-20-18-33-16-9-14-30-29(31)36-23-28-26-12-6-4-10-24(26)25-11-5-7-13-27(25)28/h4-7,10-13,28H,2-3,8-9,14-23H2,1H3,(H,30,31). The van der Waals surface area contributed by atoms with Gasteiger partial charge in [0.25, 0.3) is 0 Å². The van der Waals surface area contributed by atoms with E-state index in [1.807, 2.05) is 24.3 Å². The van der Waals surface area contributed by atoms with E-state index in [2.05, 4.69) is 36.5 Å². The van der Waals surface area contributed by atoms with Gasteiger partial charge in [-0.25, -0.2) is 4.79 Å². The van der Waals surface area contributed by atoms with Crippen LogP contribution in [0.1, 0.15) is 49.7 Å². The Morgan fingerprint density at radius 3 is 1.75 bits per heavy atom. The van der Waals surface area contributed by atoms with Crippen LogP contribution >= 0.6 is 0 Å². The Balaban J connectivity index is 1.14. The molecule has 0 heterocycles. The lowest BCUT2D eigenvalue weighted by molar-refractivity contribution is -0.00229. The molecular formula is C29H41NO6. The lowest BCUT2D eigenvalue weighted by Gasteiger charge is -2.14. The number of benzene rings is 2. The highest BCUT2D eigenvalue weighted by Crippen LogP contribution is 2.44. The van der Waals surface area contributed by atoms with Crippen LogP contribution in [0.25, 0.3) is 11.1 Å². The molecule has 0 atom stereocenters. The van der Waals surface area contributed by atoms with Crippen molar-refractivity contribution in [3.8, 4) is 11.1 Å². The minimum absolute atomic E-state index is 0.0702. The predicted molar refractivity (Wildman–Crippen MR) is 140 cm³/mol. The molecule has 1 N–H and O–H groups in total. The SMILES string of the molecule is CCCCCOCCOCCOCCOCCCNC(=O)OCC1c2ccccc2-c2ccccc21. The zero-order chi connectivity index (χ0) is 25.3. The number of alkyl carbamates (subject to hydrolysis) is 1. The van der Waals surface area contributed by atoms with Crippen LogP contribution in [-0.4, -0.2) is 72.1 Å². The van der Waals surface area contributed by atoms with Gasteiger partial charge in [-0.05, 0) is 35.1 Å². The van der Waals surface area contributed by atoms with Crippen molar-refractivity contribution in [2.45, 2.75) is 38.5 Å². The van der Waals surface area contributed by atoms with Crippen molar-refractivity contribution in [3.63, 3.8) is 0 Å². The van der Waals surface area contributed by atoms with Gasteiger partial charge in [-0.15, -0.1) is 0 Å². The number of carbonyl (C=O) groups excluding carboxylic acids is 1. The Bertz CT molecular complexity index is 844. The summed E-state index contributed by atoms with van der Waals surface area (Å²) in [5, 5.41) is 2.80. The molecule has 0 aromatic heterocycles. The number of hydrogen-bond acceptors (Lipinski definition) is 6. The number of rotatable bonds is 19. The van der Waals surface area contributed by atoms with Gasteiger partial charge in [-0.2, -0.15) is 0 Å². The van der Waals surface area contributed by atoms with E-state index in [1.165, 1.54) is 35.1 Å². The van der Waals surface area contributed by atoms with E-state index in [0.717, 1.165) is 13.0 Å². The van der Waals surface area contributed by atoms with Gasteiger partial charge in [0.2, 0.25) is 0 Å². The summed E-state index contributed by atoms with van der Waals surface area (Å²) in [5.41, 5.74) is 4.86. The summed E-state index contributed by atoms with van der Waals surface area (Å²) in [5.74, 6) is 0.0702. The van der Waals surface area contributed by atoms with Crippen molar-refractivity contribution < 1.29 is 28.5 Å². The van der Waals surface area contributed by atoms with Crippen LogP contribution in [0, 0.1) is 0 Å². The Morgan fingerprint density at radius 2 is 1.19 bits per heavy atom. The predicted octanol–water partition coefficient (Wildman–Crippen LogP) is 5.17. The molecule has 36 heavy (non-hydrogen) atoms. The monoisotopic (exact) mass is 499 g/mol. The molecule has 2 aromatic carbocycles. The molecule has 0 fully saturated rings. The molecule has 1 amide bonds. The molecule has 0 bridgehead atoms. The van der Waals surface area contributed by atoms with Crippen molar-refractivity contribution in [1.29, 1.82) is 0 Å². The highest BCUT2D eigenvalue weighted by atomic mass is 16.6. The molecule has 1 aliphatic rings. The van der Waals surface area contributed by atoms with Crippen LogP contribution in [0.2, 0.25) is 0 Å². The molecule has 0 radical (unpaired) electrons. The van der Waals surface area contributed by atoms with E-state index < -0.39 is 6.09 Å². The van der Waals surface area contributed by atoms with Gasteiger partial charge in [-0.3, -0.25) is 0 Å². The molecule has 0 aliphatic heterocycles. The fraction of sp³-hybridized carbons (Fsp3) is 0.552. The van der Waals surface area contributed by atoms with Crippen LogP contribution in [0.15, 0.2) is 48.5 Å². The van der Waals surface area contributed by atoms with Gasteiger partial charge in [-0.1, -0.05) is 68.3 Å². The summed E-state index contributed by atoms with van der Waals surface area (Å²) >= 11 is 0. The van der Waals surface area contributed by atoms with E-state index in [1.54, 1.807) is 0 Å². The van der Waals surface area contributed by atoms with Crippen LogP contribution in [0.5, 0.6) is 0 Å². The molecule has 0 saturated carbocycles. The van der Waals surface area contributed by atoms with E-state index in [9.17, 15) is 4.79 Å². The maximum absolute atomic E-state index is 12.2. The first kappa shape index (κ1) is 28.1. The van der Waals surface area contributed by atoms with E-state index in [0.29, 0.717) is 65.8 Å². The summed E-state index contributed by atoms with van der Waals surface area (Å²) in [6.07, 6.45) is 3.85. The largest absolute Gasteiger partial charge is 0.449 e. The van der Waals surface area contributed by atoms with Crippen LogP contribution in [0.3, 0.4) is 0 Å². The van der Waals surface area contributed by atoms with E-state index in [-0.39, 0.29) is 5.92 Å². The quantitative estimate of drug-likeness (QED) is 0.269. The van der Waals surface area contributed by atoms with Crippen molar-refractivity contribution in [1.82, 2.24) is 5.32 Å². The summed E-state index contributed by atoms with van der Waals surface area (Å²) in [6, 6.07) is 16.6. The van der Waals surface area contributed by atoms with Crippen molar-refractivity contribution in [2.24, 2.45) is 0 Å². The van der Waals surface area contributed by atoms with Crippen molar-refractivity contribution in [2.75, 3.05) is 66.0 Å². The van der Waals surface area contributed by atoms with Crippen LogP contribution in [-0.2, 0) is 23.7 Å². The molecule has 198 valence electrons. The van der Waals surface area contributed by atoms with E-state index in [4.69, 9.17) is 23.7 Å². The number of unbranched alkanes of at least 4 members (excludes halogenated alkanes) is 2. The average molecular weight is 500 g/mol. The van der Waals surface area contributed by atoms with Crippen molar-refractivity contribution >= 4 is 6.09 Å². The smallest absolute Gasteiger partial charge is 0.407 e. The number of carbonyl (C=O) groups is 1. The second kappa shape index (κ2) is 17.1. The zero-order valence-electron chi connectivity index (χ0n) is 21.5. The maximum atomic E-state index is 12.2. The number of amides is 1. The molecular weight excluding hydrogens is 458 g/mol. The first-order chi connectivity index (χ1) is 17.8. The van der Waals surface area contributed by atoms with Crippen molar-refractivity contribution in [3.05, 3.63) is 59.7 Å². The molecule has 0 spiro atoms. The van der Waals surface area contributed by atoms with Crippen LogP contribution in [0.4, 0.5) is 4.79 Å². The Morgan fingerprint density at radius 1 is 0.694 bits per heavy atom. The number of fused-ring (bicyclic) bond motifs is 3. The van der Waals surface area contributed by atoms with Crippen LogP contribution < -0.4 is 5.32 Å². The number of ether oxygens (including phenoxy) is 5. The fourth-order valence-electron chi connectivity index (χ4n) is 4.23. The molecule has 0 saturated heterocycles. The normalized spacial score (nSPS) is 12.4. The average Bonchev–Trinajstić information content (AvgIpc) is 3.23. The Hall–Kier alpha value is -2.45. The third-order valence-corrected chi connectivity index (χ3v) is 6.09. The first-order valence-electron chi connectivity index (χ1n) is 13.2. The Labute approximate surface area is 215 Å². The first-order valence-corrected chi connectivity index (χ1v) is 13.2. The van der Waals surface area contributed by atoms with Gasteiger partial charge in [0, 0.05) is 25.7 Å². The number of nitrogens with one attached hydrogen (secondary N) is 1. The third-order valence-electron chi connectivity index (χ3n) is 6.09. The number of hydrogen-bond donors (Lipinski definition) is 1. The van der Waals surface area contributed by atoms with Gasteiger partial charge in [0.05, 0.1) is 39.6 Å². The highest BCUT2D eigenvalue weighted by molar-refractivity contribution is 5.79. The molecule has 0 unspecified atom stereocenters. The molecule has 3 rings (SSSR count). The van der Waals surface area contributed by atoms with Gasteiger partial charge in [0.1, 0.15) is 6.61 Å². The van der Waals surface area contributed by atoms with Gasteiger partial charge >= 0.3 is 6.09 Å². The minimum atomic E-state index is -0.397. The minimum Gasteiger partial charge on any atom is -0.449 e. The van der Waals surface area contributed by atoms with Gasteiger partial charge in [0.15, 0.2) is 0 Å². The zero-order valence-corrected chi connectivity index (χ0v) is 21.5. The summed E-state index contributed by atoms with van der Waals surface area (Å²) < 4.78 is 27.5. The summed E-state index contributed by atoms with van der Waals surface area (Å²) in [6.45, 7) is 7.76. The second-order valence-electron chi connectivity index (χ2n) is 8.76. The fourth-order valence-corrected chi connectivity index (χ4v) is 4.23. The molecule has 7 heteroatoms. The molecule has 7 nitrogen and oxygen atoms in total. The van der Waals surface area contributed by atoms with Gasteiger partial charge < -0.3 is 29.0 Å². The summed E-state index contributed by atoms with van der Waals surface area (Å²) in [4.78, 5) is 12.2. The second-order valence-corrected chi connectivity index (χ2v) is 8.76.